The van der Waals surface area contributed by atoms with Crippen molar-refractivity contribution in [3.8, 4) is 0 Å². The molecule has 1 aliphatic carbocycles. The third-order valence-electron chi connectivity index (χ3n) is 6.15. The van der Waals surface area contributed by atoms with Crippen LogP contribution in [0, 0.1) is 17.8 Å². The normalized spacial score (nSPS) is 36.1. The van der Waals surface area contributed by atoms with Gasteiger partial charge in [-0.3, -0.25) is 4.79 Å². The Kier molecular flexibility index (Phi) is 8.19. The van der Waals surface area contributed by atoms with Crippen LogP contribution in [0.3, 0.4) is 0 Å². The van der Waals surface area contributed by atoms with E-state index in [9.17, 15) is 14.3 Å². The lowest BCUT2D eigenvalue weighted by molar-refractivity contribution is -0.136. The van der Waals surface area contributed by atoms with Crippen molar-refractivity contribution in [1.82, 2.24) is 0 Å². The number of hydrogen-bond donors (Lipinski definition) is 2. The Bertz CT molecular complexity index is 575. The quantitative estimate of drug-likeness (QED) is 0.525. The number of hydrogen-bond acceptors (Lipinski definition) is 3. The summed E-state index contributed by atoms with van der Waals surface area (Å²) in [5.41, 5.74) is -1.69. The van der Waals surface area contributed by atoms with Gasteiger partial charge in [0.15, 0.2) is 0 Å². The number of alkyl halides is 2. The maximum Gasteiger partial charge on any atom is 0.303 e. The van der Waals surface area contributed by atoms with Crippen molar-refractivity contribution in [3.63, 3.8) is 0 Å². The highest BCUT2D eigenvalue weighted by Crippen LogP contribution is 2.48. The first-order chi connectivity index (χ1) is 13.2. The second-order valence-electron chi connectivity index (χ2n) is 8.52. The van der Waals surface area contributed by atoms with Crippen LogP contribution in [0.1, 0.15) is 59.3 Å². The Hall–Kier alpha value is -1.27. The van der Waals surface area contributed by atoms with E-state index in [0.717, 1.165) is 12.8 Å². The fourth-order valence-electron chi connectivity index (χ4n) is 4.38. The number of fused-ring (bicyclic) bond motifs is 1. The average molecular weight is 401 g/mol. The molecule has 2 fully saturated rings. The van der Waals surface area contributed by atoms with E-state index in [1.807, 2.05) is 13.8 Å². The lowest BCUT2D eigenvalue weighted by Crippen LogP contribution is -2.33. The van der Waals surface area contributed by atoms with E-state index in [2.05, 4.69) is 0 Å². The van der Waals surface area contributed by atoms with Gasteiger partial charge in [-0.05, 0) is 38.0 Å². The molecule has 4 nitrogen and oxygen atoms in total. The van der Waals surface area contributed by atoms with Gasteiger partial charge >= 0.3 is 5.97 Å². The number of halogens is 2. The zero-order valence-corrected chi connectivity index (χ0v) is 17.1. The lowest BCUT2D eigenvalue weighted by atomic mass is 9.84. The molecule has 0 aromatic heterocycles. The number of aliphatic hydroxyl groups excluding tert-OH is 1. The molecule has 0 spiro atoms. The van der Waals surface area contributed by atoms with Gasteiger partial charge < -0.3 is 14.9 Å². The van der Waals surface area contributed by atoms with Crippen molar-refractivity contribution in [2.45, 2.75) is 89.4 Å². The summed E-state index contributed by atoms with van der Waals surface area (Å²) in [4.78, 5) is 10.6. The minimum absolute atomic E-state index is 0.00729. The molecule has 0 aromatic carbocycles. The monoisotopic (exact) mass is 400 g/mol. The molecule has 1 aliphatic heterocycles. The van der Waals surface area contributed by atoms with Gasteiger partial charge in [-0.25, -0.2) is 8.78 Å². The number of rotatable bonds is 10. The number of carbonyl (C=O) groups is 1. The fraction of sp³-hybridized carbons (Fsp3) is 0.773. The number of allylic oxidation sites excluding steroid dienone is 2. The predicted molar refractivity (Wildman–Crippen MR) is 105 cm³/mol. The molecule has 1 heterocycles. The summed E-state index contributed by atoms with van der Waals surface area (Å²) >= 11 is 0. The van der Waals surface area contributed by atoms with E-state index in [1.165, 1.54) is 13.0 Å². The van der Waals surface area contributed by atoms with Crippen LogP contribution in [-0.4, -0.2) is 46.3 Å². The van der Waals surface area contributed by atoms with Gasteiger partial charge in [0.2, 0.25) is 0 Å². The highest BCUT2D eigenvalue weighted by molar-refractivity contribution is 5.66. The third kappa shape index (κ3) is 5.63. The Morgan fingerprint density at radius 1 is 1.39 bits per heavy atom. The van der Waals surface area contributed by atoms with Crippen molar-refractivity contribution in [2.24, 2.45) is 17.8 Å². The van der Waals surface area contributed by atoms with Crippen LogP contribution in [0.4, 0.5) is 8.78 Å². The second-order valence-corrected chi connectivity index (χ2v) is 8.52. The first-order valence-corrected chi connectivity index (χ1v) is 10.4. The van der Waals surface area contributed by atoms with E-state index in [-0.39, 0.29) is 30.3 Å². The summed E-state index contributed by atoms with van der Waals surface area (Å²) < 4.78 is 35.5. The Labute approximate surface area is 166 Å². The number of aliphatic carboxylic acids is 1. The van der Waals surface area contributed by atoms with Gasteiger partial charge in [-0.15, -0.1) is 0 Å². The van der Waals surface area contributed by atoms with Gasteiger partial charge in [0, 0.05) is 12.3 Å². The van der Waals surface area contributed by atoms with Gasteiger partial charge in [0.05, 0.1) is 6.10 Å². The number of ether oxygens (including phenoxy) is 1. The summed E-state index contributed by atoms with van der Waals surface area (Å²) in [5.74, 6) is -1.14. The Morgan fingerprint density at radius 2 is 2.11 bits per heavy atom. The van der Waals surface area contributed by atoms with Crippen molar-refractivity contribution in [2.75, 3.05) is 0 Å². The highest BCUT2D eigenvalue weighted by atomic mass is 19.1. The molecule has 6 heteroatoms. The molecule has 28 heavy (non-hydrogen) atoms. The number of unbranched alkanes of at least 4 members (excludes halogenated alkanes) is 1. The molecular weight excluding hydrogens is 366 g/mol. The standard InChI is InChI=1S/C22H34F2O4/c1-4-5-12-22(3,24)18(25)11-10-15-14(2)13-17-20(15)21(23)16(28-17)8-6-7-9-19(26)27/h6,8,10-11,14-18,20-21,25H,4-5,7,9,12-13H2,1-3H3,(H,26,27)/b8-6+,11-10+/t14-,15+,16?,17+,18-,20-,21?,22?/m1/s1. The number of aliphatic hydroxyl groups is 1. The van der Waals surface area contributed by atoms with E-state index in [0.29, 0.717) is 19.3 Å². The Balaban J connectivity index is 1.99. The van der Waals surface area contributed by atoms with Gasteiger partial charge in [0.1, 0.15) is 24.0 Å². The molecule has 0 bridgehead atoms. The van der Waals surface area contributed by atoms with Crippen LogP contribution in [0.25, 0.3) is 0 Å². The topological polar surface area (TPSA) is 66.8 Å². The maximum atomic E-state index is 15.0. The van der Waals surface area contributed by atoms with E-state index in [4.69, 9.17) is 9.84 Å². The summed E-state index contributed by atoms with van der Waals surface area (Å²) in [6.07, 6.45) is 6.19. The highest BCUT2D eigenvalue weighted by Gasteiger charge is 2.53. The van der Waals surface area contributed by atoms with E-state index >= 15 is 4.39 Å². The molecule has 1 saturated heterocycles. The molecule has 2 aliphatic rings. The zero-order valence-electron chi connectivity index (χ0n) is 17.1. The molecule has 0 amide bonds. The van der Waals surface area contributed by atoms with Gasteiger partial charge in [0.25, 0.3) is 0 Å². The summed E-state index contributed by atoms with van der Waals surface area (Å²) in [5, 5.41) is 18.9. The van der Waals surface area contributed by atoms with Crippen molar-refractivity contribution in [3.05, 3.63) is 24.3 Å². The molecule has 0 aromatic rings. The molecule has 160 valence electrons. The lowest BCUT2D eigenvalue weighted by Gasteiger charge is -2.25. The minimum Gasteiger partial charge on any atom is -0.481 e. The first-order valence-electron chi connectivity index (χ1n) is 10.4. The molecular formula is C22H34F2O4. The van der Waals surface area contributed by atoms with Gasteiger partial charge in [-0.1, -0.05) is 51.0 Å². The molecule has 8 atom stereocenters. The molecule has 0 radical (unpaired) electrons. The van der Waals surface area contributed by atoms with Crippen LogP contribution < -0.4 is 0 Å². The van der Waals surface area contributed by atoms with Crippen LogP contribution in [0.15, 0.2) is 24.3 Å². The molecule has 1 saturated carbocycles. The van der Waals surface area contributed by atoms with Crippen LogP contribution in [-0.2, 0) is 9.53 Å². The predicted octanol–water partition coefficient (Wildman–Crippen LogP) is 4.62. The van der Waals surface area contributed by atoms with Gasteiger partial charge in [-0.2, -0.15) is 0 Å². The van der Waals surface area contributed by atoms with Crippen LogP contribution in [0.2, 0.25) is 0 Å². The fourth-order valence-corrected chi connectivity index (χ4v) is 4.38. The average Bonchev–Trinajstić information content (AvgIpc) is 3.09. The smallest absolute Gasteiger partial charge is 0.303 e. The third-order valence-corrected chi connectivity index (χ3v) is 6.15. The maximum absolute atomic E-state index is 15.0. The summed E-state index contributed by atoms with van der Waals surface area (Å²) in [6.45, 7) is 5.42. The SMILES string of the molecule is CCCCC(C)(F)[C@H](O)/C=C/[C@@H]1[C@H]2C(F)C(/C=C/CCC(=O)O)O[C@H]2C[C@H]1C. The molecule has 3 unspecified atom stereocenters. The van der Waals surface area contributed by atoms with Crippen molar-refractivity contribution >= 4 is 5.97 Å². The first kappa shape index (κ1) is 23.0. The van der Waals surface area contributed by atoms with Crippen molar-refractivity contribution < 1.29 is 28.5 Å². The van der Waals surface area contributed by atoms with E-state index in [1.54, 1.807) is 18.2 Å². The van der Waals surface area contributed by atoms with Crippen LogP contribution >= 0.6 is 0 Å². The zero-order chi connectivity index (χ0) is 20.9. The van der Waals surface area contributed by atoms with E-state index < -0.39 is 30.0 Å². The molecule has 2 N–H and O–H groups in total. The largest absolute Gasteiger partial charge is 0.481 e. The summed E-state index contributed by atoms with van der Waals surface area (Å²) in [6, 6.07) is 0. The minimum atomic E-state index is -1.69. The van der Waals surface area contributed by atoms with Crippen molar-refractivity contribution in [1.29, 1.82) is 0 Å². The van der Waals surface area contributed by atoms with Crippen LogP contribution in [0.5, 0.6) is 0 Å². The number of carboxylic acid groups (broad SMARTS) is 1. The number of carboxylic acids is 1. The second kappa shape index (κ2) is 9.97. The summed E-state index contributed by atoms with van der Waals surface area (Å²) in [7, 11) is 0. The Morgan fingerprint density at radius 3 is 2.75 bits per heavy atom. The molecule has 2 rings (SSSR count).